The van der Waals surface area contributed by atoms with Crippen LogP contribution in [0.4, 0.5) is 5.82 Å². The van der Waals surface area contributed by atoms with E-state index < -0.39 is 0 Å². The Bertz CT molecular complexity index is 530. The van der Waals surface area contributed by atoms with Crippen molar-refractivity contribution in [2.75, 3.05) is 11.4 Å². The van der Waals surface area contributed by atoms with Gasteiger partial charge in [0, 0.05) is 37.2 Å². The van der Waals surface area contributed by atoms with E-state index in [9.17, 15) is 0 Å². The van der Waals surface area contributed by atoms with E-state index in [0.717, 1.165) is 37.0 Å². The number of hydrogen-bond donors (Lipinski definition) is 0. The molecule has 0 aromatic carbocycles. The van der Waals surface area contributed by atoms with Gasteiger partial charge >= 0.3 is 0 Å². The van der Waals surface area contributed by atoms with Crippen molar-refractivity contribution in [3.8, 4) is 0 Å². The number of nitrogens with zero attached hydrogens (tertiary/aromatic N) is 5. The molecule has 0 saturated carbocycles. The zero-order valence-corrected chi connectivity index (χ0v) is 10.2. The van der Waals surface area contributed by atoms with Crippen molar-refractivity contribution in [3.63, 3.8) is 0 Å². The molecule has 88 valence electrons. The van der Waals surface area contributed by atoms with Crippen LogP contribution in [0.1, 0.15) is 11.5 Å². The fraction of sp³-hybridized carbons (Fsp3) is 0.364. The molecule has 0 saturated heterocycles. The van der Waals surface area contributed by atoms with Crippen LogP contribution in [0.3, 0.4) is 0 Å². The summed E-state index contributed by atoms with van der Waals surface area (Å²) in [6, 6.07) is 1.95. The Kier molecular flexibility index (Phi) is 2.48. The molecule has 0 fully saturated rings. The molecule has 0 aliphatic carbocycles. The Morgan fingerprint density at radius 1 is 1.29 bits per heavy atom. The van der Waals surface area contributed by atoms with E-state index in [2.05, 4.69) is 24.4 Å². The van der Waals surface area contributed by atoms with E-state index in [-0.39, 0.29) is 0 Å². The summed E-state index contributed by atoms with van der Waals surface area (Å²) in [5.74, 6) is 1.93. The van der Waals surface area contributed by atoms with Gasteiger partial charge < -0.3 is 9.47 Å². The Hall–Kier alpha value is -1.62. The second-order valence-electron chi connectivity index (χ2n) is 4.09. The molecule has 0 amide bonds. The maximum absolute atomic E-state index is 5.88. The molecule has 5 nitrogen and oxygen atoms in total. The summed E-state index contributed by atoms with van der Waals surface area (Å²) in [7, 11) is 0. The van der Waals surface area contributed by atoms with Crippen LogP contribution in [0.15, 0.2) is 18.5 Å². The molecule has 0 spiro atoms. The highest BCUT2D eigenvalue weighted by Gasteiger charge is 2.18. The fourth-order valence-corrected chi connectivity index (χ4v) is 2.27. The molecule has 0 N–H and O–H groups in total. The molecule has 0 radical (unpaired) electrons. The molecular weight excluding hydrogens is 238 g/mol. The molecular formula is C11H12ClN5. The maximum atomic E-state index is 5.88. The monoisotopic (exact) mass is 249 g/mol. The first-order chi connectivity index (χ1) is 8.22. The fourth-order valence-electron chi connectivity index (χ4n) is 2.05. The number of halogens is 1. The highest BCUT2D eigenvalue weighted by Crippen LogP contribution is 2.20. The molecule has 3 rings (SSSR count). The molecule has 2 aromatic heterocycles. The van der Waals surface area contributed by atoms with Crippen molar-refractivity contribution >= 4 is 17.4 Å². The zero-order chi connectivity index (χ0) is 11.8. The van der Waals surface area contributed by atoms with Crippen LogP contribution >= 0.6 is 11.6 Å². The number of rotatable bonds is 1. The van der Waals surface area contributed by atoms with Crippen LogP contribution < -0.4 is 4.90 Å². The number of anilines is 1. The minimum atomic E-state index is 0.300. The Balaban J connectivity index is 1.91. The lowest BCUT2D eigenvalue weighted by Crippen LogP contribution is -2.34. The first kappa shape index (κ1) is 10.5. The third-order valence-electron chi connectivity index (χ3n) is 2.88. The molecule has 0 atom stereocenters. The zero-order valence-electron chi connectivity index (χ0n) is 9.47. The molecule has 1 aliphatic heterocycles. The molecule has 17 heavy (non-hydrogen) atoms. The smallest absolute Gasteiger partial charge is 0.224 e. The van der Waals surface area contributed by atoms with E-state index in [0.29, 0.717) is 5.28 Å². The predicted octanol–water partition coefficient (Wildman–Crippen LogP) is 1.66. The minimum absolute atomic E-state index is 0.300. The summed E-state index contributed by atoms with van der Waals surface area (Å²) in [5.41, 5.74) is 0.883. The van der Waals surface area contributed by atoms with Gasteiger partial charge in [-0.1, -0.05) is 0 Å². The lowest BCUT2D eigenvalue weighted by Gasteiger charge is -2.28. The van der Waals surface area contributed by atoms with Crippen LogP contribution in [-0.2, 0) is 13.1 Å². The van der Waals surface area contributed by atoms with Gasteiger partial charge in [-0.05, 0) is 18.5 Å². The van der Waals surface area contributed by atoms with E-state index >= 15 is 0 Å². The Morgan fingerprint density at radius 2 is 2.18 bits per heavy atom. The number of imidazole rings is 1. The number of aryl methyl sites for hydroxylation is 1. The van der Waals surface area contributed by atoms with E-state index in [1.165, 1.54) is 0 Å². The second kappa shape index (κ2) is 4.00. The molecule has 0 unspecified atom stereocenters. The van der Waals surface area contributed by atoms with Gasteiger partial charge in [0.15, 0.2) is 0 Å². The Morgan fingerprint density at radius 3 is 3.00 bits per heavy atom. The maximum Gasteiger partial charge on any atom is 0.224 e. The summed E-state index contributed by atoms with van der Waals surface area (Å²) in [4.78, 5) is 14.8. The SMILES string of the molecule is Cc1cc(N2CCn3ccnc3C2)nc(Cl)n1. The van der Waals surface area contributed by atoms with Crippen molar-refractivity contribution in [2.45, 2.75) is 20.0 Å². The summed E-state index contributed by atoms with van der Waals surface area (Å²) >= 11 is 5.88. The second-order valence-corrected chi connectivity index (χ2v) is 4.43. The van der Waals surface area contributed by atoms with Gasteiger partial charge in [-0.3, -0.25) is 0 Å². The van der Waals surface area contributed by atoms with Crippen molar-refractivity contribution in [1.29, 1.82) is 0 Å². The first-order valence-electron chi connectivity index (χ1n) is 5.48. The molecule has 1 aliphatic rings. The van der Waals surface area contributed by atoms with E-state index in [1.54, 1.807) is 0 Å². The van der Waals surface area contributed by atoms with Gasteiger partial charge in [-0.15, -0.1) is 0 Å². The largest absolute Gasteiger partial charge is 0.347 e. The Labute approximate surface area is 104 Å². The van der Waals surface area contributed by atoms with Gasteiger partial charge in [-0.2, -0.15) is 0 Å². The normalized spacial score (nSPS) is 14.8. The predicted molar refractivity (Wildman–Crippen MR) is 65.1 cm³/mol. The van der Waals surface area contributed by atoms with Gasteiger partial charge in [0.2, 0.25) is 5.28 Å². The van der Waals surface area contributed by atoms with E-state index in [1.807, 2.05) is 25.4 Å². The van der Waals surface area contributed by atoms with Crippen LogP contribution in [0.2, 0.25) is 5.28 Å². The van der Waals surface area contributed by atoms with Crippen molar-refractivity contribution in [1.82, 2.24) is 19.5 Å². The lowest BCUT2D eigenvalue weighted by atomic mass is 10.3. The molecule has 2 aromatic rings. The summed E-state index contributed by atoms with van der Waals surface area (Å²) in [6.45, 7) is 4.52. The molecule has 0 bridgehead atoms. The van der Waals surface area contributed by atoms with Crippen molar-refractivity contribution < 1.29 is 0 Å². The van der Waals surface area contributed by atoms with Gasteiger partial charge in [-0.25, -0.2) is 15.0 Å². The number of fused-ring (bicyclic) bond motifs is 1. The standard InChI is InChI=1S/C11H12ClN5/c1-8-6-9(15-11(12)14-8)17-5-4-16-3-2-13-10(16)7-17/h2-3,6H,4-5,7H2,1H3. The van der Waals surface area contributed by atoms with Crippen LogP contribution in [0.25, 0.3) is 0 Å². The van der Waals surface area contributed by atoms with Gasteiger partial charge in [0.1, 0.15) is 11.6 Å². The highest BCUT2D eigenvalue weighted by molar-refractivity contribution is 6.28. The van der Waals surface area contributed by atoms with Crippen LogP contribution in [-0.4, -0.2) is 26.1 Å². The first-order valence-corrected chi connectivity index (χ1v) is 5.86. The number of hydrogen-bond acceptors (Lipinski definition) is 4. The lowest BCUT2D eigenvalue weighted by molar-refractivity contribution is 0.555. The topological polar surface area (TPSA) is 46.8 Å². The average Bonchev–Trinajstić information content (AvgIpc) is 2.74. The van der Waals surface area contributed by atoms with Crippen molar-refractivity contribution in [2.24, 2.45) is 0 Å². The van der Waals surface area contributed by atoms with Gasteiger partial charge in [0.05, 0.1) is 6.54 Å². The van der Waals surface area contributed by atoms with Gasteiger partial charge in [0.25, 0.3) is 0 Å². The third kappa shape index (κ3) is 1.98. The quantitative estimate of drug-likeness (QED) is 0.721. The molecule has 3 heterocycles. The van der Waals surface area contributed by atoms with E-state index in [4.69, 9.17) is 11.6 Å². The van der Waals surface area contributed by atoms with Crippen LogP contribution in [0, 0.1) is 6.92 Å². The average molecular weight is 250 g/mol. The summed E-state index contributed by atoms with van der Waals surface area (Å²) in [6.07, 6.45) is 3.84. The highest BCUT2D eigenvalue weighted by atomic mass is 35.5. The summed E-state index contributed by atoms with van der Waals surface area (Å²) < 4.78 is 2.16. The number of aromatic nitrogens is 4. The summed E-state index contributed by atoms with van der Waals surface area (Å²) in [5, 5.41) is 0.300. The van der Waals surface area contributed by atoms with Crippen molar-refractivity contribution in [3.05, 3.63) is 35.3 Å². The minimum Gasteiger partial charge on any atom is -0.347 e. The van der Waals surface area contributed by atoms with Crippen LogP contribution in [0.5, 0.6) is 0 Å². The third-order valence-corrected chi connectivity index (χ3v) is 3.05. The molecule has 6 heteroatoms.